The molecule has 10 heavy (non-hydrogen) atoms. The van der Waals surface area contributed by atoms with Crippen LogP contribution >= 0.6 is 0 Å². The Hall–Kier alpha value is -1.25. The van der Waals surface area contributed by atoms with Crippen LogP contribution in [0.3, 0.4) is 0 Å². The molecule has 0 aromatic heterocycles. The van der Waals surface area contributed by atoms with Crippen molar-refractivity contribution in [2.24, 2.45) is 15.4 Å². The standard InChI is InChI=1S/C7H7N3/c1-5-3-2-4-6-7(5)9-10-8-6/h2-4,7H,1H3. The van der Waals surface area contributed by atoms with Gasteiger partial charge in [-0.3, -0.25) is 0 Å². The van der Waals surface area contributed by atoms with Crippen LogP contribution in [-0.4, -0.2) is 11.8 Å². The number of allylic oxidation sites excluding steroid dienone is 2. The van der Waals surface area contributed by atoms with Crippen molar-refractivity contribution in [2.75, 3.05) is 0 Å². The summed E-state index contributed by atoms with van der Waals surface area (Å²) in [6.07, 6.45) is 5.95. The van der Waals surface area contributed by atoms with E-state index in [2.05, 4.69) is 15.4 Å². The minimum atomic E-state index is 0.116. The summed E-state index contributed by atoms with van der Waals surface area (Å²) in [6, 6.07) is 0.116. The fourth-order valence-electron chi connectivity index (χ4n) is 1.08. The molecule has 1 heterocycles. The highest BCUT2D eigenvalue weighted by Crippen LogP contribution is 2.18. The van der Waals surface area contributed by atoms with E-state index in [9.17, 15) is 0 Å². The van der Waals surface area contributed by atoms with Crippen molar-refractivity contribution in [3.05, 3.63) is 23.8 Å². The van der Waals surface area contributed by atoms with Crippen LogP contribution in [-0.2, 0) is 0 Å². The van der Waals surface area contributed by atoms with Gasteiger partial charge >= 0.3 is 0 Å². The summed E-state index contributed by atoms with van der Waals surface area (Å²) in [7, 11) is 0. The third-order valence-corrected chi connectivity index (χ3v) is 1.66. The molecule has 3 nitrogen and oxygen atoms in total. The van der Waals surface area contributed by atoms with Crippen LogP contribution in [0.5, 0.6) is 0 Å². The van der Waals surface area contributed by atoms with Gasteiger partial charge in [-0.1, -0.05) is 12.2 Å². The molecule has 0 aromatic rings. The van der Waals surface area contributed by atoms with E-state index in [4.69, 9.17) is 0 Å². The molecule has 1 unspecified atom stereocenters. The molecule has 2 aliphatic rings. The molecule has 0 N–H and O–H groups in total. The van der Waals surface area contributed by atoms with Gasteiger partial charge in [0.15, 0.2) is 0 Å². The summed E-state index contributed by atoms with van der Waals surface area (Å²) in [6.45, 7) is 2.04. The molecule has 50 valence electrons. The lowest BCUT2D eigenvalue weighted by molar-refractivity contribution is 0.927. The zero-order chi connectivity index (χ0) is 6.97. The first-order chi connectivity index (χ1) is 4.88. The van der Waals surface area contributed by atoms with Crippen LogP contribution in [0.15, 0.2) is 39.2 Å². The summed E-state index contributed by atoms with van der Waals surface area (Å²) in [5, 5.41) is 11.4. The van der Waals surface area contributed by atoms with E-state index in [1.807, 2.05) is 25.2 Å². The smallest absolute Gasteiger partial charge is 0.138 e. The predicted octanol–water partition coefficient (Wildman–Crippen LogP) is 1.69. The van der Waals surface area contributed by atoms with Gasteiger partial charge in [0.2, 0.25) is 0 Å². The first kappa shape index (κ1) is 5.53. The Kier molecular flexibility index (Phi) is 1.03. The van der Waals surface area contributed by atoms with Crippen molar-refractivity contribution in [2.45, 2.75) is 13.0 Å². The molecular weight excluding hydrogens is 126 g/mol. The van der Waals surface area contributed by atoms with Crippen LogP contribution < -0.4 is 0 Å². The summed E-state index contributed by atoms with van der Waals surface area (Å²) in [5.41, 5.74) is 2.17. The van der Waals surface area contributed by atoms with Gasteiger partial charge in [-0.05, 0) is 23.8 Å². The van der Waals surface area contributed by atoms with E-state index < -0.39 is 0 Å². The molecule has 0 saturated carbocycles. The Morgan fingerprint density at radius 2 is 2.40 bits per heavy atom. The van der Waals surface area contributed by atoms with Crippen molar-refractivity contribution in [1.29, 1.82) is 0 Å². The maximum absolute atomic E-state index is 3.94. The summed E-state index contributed by atoms with van der Waals surface area (Å²) in [4.78, 5) is 0. The van der Waals surface area contributed by atoms with Gasteiger partial charge in [0.05, 0.1) is 5.71 Å². The van der Waals surface area contributed by atoms with E-state index in [-0.39, 0.29) is 6.04 Å². The Morgan fingerprint density at radius 3 is 3.20 bits per heavy atom. The quantitative estimate of drug-likeness (QED) is 0.482. The van der Waals surface area contributed by atoms with Crippen molar-refractivity contribution >= 4 is 5.71 Å². The van der Waals surface area contributed by atoms with Crippen molar-refractivity contribution in [3.8, 4) is 0 Å². The van der Waals surface area contributed by atoms with Crippen LogP contribution in [0.25, 0.3) is 0 Å². The van der Waals surface area contributed by atoms with E-state index in [1.165, 1.54) is 5.57 Å². The SMILES string of the molecule is CC1=CC=CC2=NN=NC12. The third kappa shape index (κ3) is 0.635. The monoisotopic (exact) mass is 133 g/mol. The van der Waals surface area contributed by atoms with Crippen molar-refractivity contribution < 1.29 is 0 Å². The zero-order valence-corrected chi connectivity index (χ0v) is 5.65. The normalized spacial score (nSPS) is 27.9. The predicted molar refractivity (Wildman–Crippen MR) is 39.0 cm³/mol. The van der Waals surface area contributed by atoms with E-state index in [1.54, 1.807) is 0 Å². The van der Waals surface area contributed by atoms with Gasteiger partial charge in [0.1, 0.15) is 6.04 Å². The molecule has 0 spiro atoms. The van der Waals surface area contributed by atoms with Gasteiger partial charge in [0.25, 0.3) is 0 Å². The van der Waals surface area contributed by atoms with Crippen LogP contribution in [0.1, 0.15) is 6.92 Å². The molecule has 0 amide bonds. The number of hydrogen-bond acceptors (Lipinski definition) is 3. The molecular formula is C7H7N3. The second-order valence-corrected chi connectivity index (χ2v) is 2.40. The van der Waals surface area contributed by atoms with E-state index >= 15 is 0 Å². The highest BCUT2D eigenvalue weighted by Gasteiger charge is 2.20. The molecule has 0 saturated heterocycles. The highest BCUT2D eigenvalue weighted by atomic mass is 15.4. The van der Waals surface area contributed by atoms with Gasteiger partial charge in [0, 0.05) is 0 Å². The minimum Gasteiger partial charge on any atom is -0.154 e. The Bertz CT molecular complexity index is 271. The number of rotatable bonds is 0. The van der Waals surface area contributed by atoms with Crippen molar-refractivity contribution in [3.63, 3.8) is 0 Å². The highest BCUT2D eigenvalue weighted by molar-refractivity contribution is 6.03. The largest absolute Gasteiger partial charge is 0.154 e. The van der Waals surface area contributed by atoms with Crippen LogP contribution in [0.2, 0.25) is 0 Å². The molecule has 2 rings (SSSR count). The zero-order valence-electron chi connectivity index (χ0n) is 5.65. The van der Waals surface area contributed by atoms with Crippen molar-refractivity contribution in [1.82, 2.24) is 0 Å². The second kappa shape index (κ2) is 1.87. The van der Waals surface area contributed by atoms with Gasteiger partial charge in [-0.25, -0.2) is 0 Å². The Labute approximate surface area is 58.9 Å². The Balaban J connectivity index is 2.43. The molecule has 3 heteroatoms. The maximum atomic E-state index is 3.94. The molecule has 0 fully saturated rings. The third-order valence-electron chi connectivity index (χ3n) is 1.66. The summed E-state index contributed by atoms with van der Waals surface area (Å²) >= 11 is 0. The molecule has 0 radical (unpaired) electrons. The molecule has 0 aromatic carbocycles. The fourth-order valence-corrected chi connectivity index (χ4v) is 1.08. The van der Waals surface area contributed by atoms with Gasteiger partial charge in [-0.15, -0.1) is 5.10 Å². The average molecular weight is 133 g/mol. The maximum Gasteiger partial charge on any atom is 0.138 e. The lowest BCUT2D eigenvalue weighted by Crippen LogP contribution is -2.16. The lowest BCUT2D eigenvalue weighted by Gasteiger charge is -2.08. The van der Waals surface area contributed by atoms with Crippen LogP contribution in [0.4, 0.5) is 0 Å². The first-order valence-electron chi connectivity index (χ1n) is 3.20. The van der Waals surface area contributed by atoms with Gasteiger partial charge in [-0.2, -0.15) is 5.11 Å². The molecule has 1 aliphatic carbocycles. The lowest BCUT2D eigenvalue weighted by atomic mass is 10.00. The number of hydrogen-bond donors (Lipinski definition) is 0. The van der Waals surface area contributed by atoms with E-state index in [0.29, 0.717) is 0 Å². The van der Waals surface area contributed by atoms with Gasteiger partial charge < -0.3 is 0 Å². The topological polar surface area (TPSA) is 37.1 Å². The minimum absolute atomic E-state index is 0.116. The molecule has 1 aliphatic heterocycles. The van der Waals surface area contributed by atoms with Crippen LogP contribution in [0, 0.1) is 0 Å². The Morgan fingerprint density at radius 1 is 1.50 bits per heavy atom. The van der Waals surface area contributed by atoms with E-state index in [0.717, 1.165) is 5.71 Å². The first-order valence-corrected chi connectivity index (χ1v) is 3.20. The average Bonchev–Trinajstić information content (AvgIpc) is 2.36. The summed E-state index contributed by atoms with van der Waals surface area (Å²) < 4.78 is 0. The number of fused-ring (bicyclic) bond motifs is 1. The molecule has 0 bridgehead atoms. The summed E-state index contributed by atoms with van der Waals surface area (Å²) in [5.74, 6) is 0. The fraction of sp³-hybridized carbons (Fsp3) is 0.286. The second-order valence-electron chi connectivity index (χ2n) is 2.40. The molecule has 1 atom stereocenters. The number of nitrogens with zero attached hydrogens (tertiary/aromatic N) is 3.